The summed E-state index contributed by atoms with van der Waals surface area (Å²) in [5.74, 6) is -0.474. The Morgan fingerprint density at radius 3 is 2.70 bits per heavy atom. The summed E-state index contributed by atoms with van der Waals surface area (Å²) < 4.78 is 50.6. The number of allylic oxidation sites excluding steroid dienone is 1. The van der Waals surface area contributed by atoms with Crippen LogP contribution in [0.5, 0.6) is 0 Å². The van der Waals surface area contributed by atoms with Crippen LogP contribution in [0.4, 0.5) is 17.6 Å². The molecule has 1 aromatic heterocycles. The number of hydrogen-bond donors (Lipinski definition) is 2. The second kappa shape index (κ2) is 5.58. The molecule has 1 atom stereocenters. The highest BCUT2D eigenvalue weighted by molar-refractivity contribution is 6.09. The fraction of sp³-hybridized carbons (Fsp3) is 0.333. The van der Waals surface area contributed by atoms with Crippen molar-refractivity contribution in [2.24, 2.45) is 4.99 Å². The molecule has 1 aliphatic heterocycles. The minimum absolute atomic E-state index is 0.296. The topological polar surface area (TPSA) is 49.3 Å². The first-order valence-electron chi connectivity index (χ1n) is 5.77. The smallest absolute Gasteiger partial charge is 0.362 e. The Balaban J connectivity index is 2.20. The van der Waals surface area contributed by atoms with Gasteiger partial charge < -0.3 is 10.6 Å². The Labute approximate surface area is 112 Å². The molecule has 0 amide bonds. The quantitative estimate of drug-likeness (QED) is 0.834. The third-order valence-corrected chi connectivity index (χ3v) is 2.67. The van der Waals surface area contributed by atoms with Crippen molar-refractivity contribution in [2.75, 3.05) is 7.05 Å². The maximum atomic E-state index is 13.4. The van der Waals surface area contributed by atoms with E-state index in [2.05, 4.69) is 20.6 Å². The molecule has 0 fully saturated rings. The van der Waals surface area contributed by atoms with Crippen molar-refractivity contribution in [3.05, 3.63) is 35.5 Å². The van der Waals surface area contributed by atoms with Crippen LogP contribution in [0.25, 0.3) is 5.57 Å². The summed E-state index contributed by atoms with van der Waals surface area (Å²) >= 11 is 0. The van der Waals surface area contributed by atoms with E-state index >= 15 is 0 Å². The van der Waals surface area contributed by atoms with E-state index in [0.29, 0.717) is 23.4 Å². The van der Waals surface area contributed by atoms with E-state index in [1.807, 2.05) is 0 Å². The predicted octanol–water partition coefficient (Wildman–Crippen LogP) is 1.84. The third kappa shape index (κ3) is 3.13. The molecule has 8 heteroatoms. The third-order valence-electron chi connectivity index (χ3n) is 2.67. The standard InChI is InChI=1S/C12H12F4N4/c1-17-3-7-2-10(18-6-9(7)13)8-4-19-11(20-5-8)12(14,15)16/h2,4-6,11,17,19H,3H2,1H3. The van der Waals surface area contributed by atoms with Crippen LogP contribution in [-0.4, -0.2) is 30.6 Å². The van der Waals surface area contributed by atoms with Gasteiger partial charge in [-0.05, 0) is 13.1 Å². The second-order valence-electron chi connectivity index (χ2n) is 4.18. The van der Waals surface area contributed by atoms with E-state index < -0.39 is 18.2 Å². The summed E-state index contributed by atoms with van der Waals surface area (Å²) in [6.07, 6.45) is -3.12. The largest absolute Gasteiger partial charge is 0.429 e. The number of nitrogens with one attached hydrogen (secondary N) is 2. The second-order valence-corrected chi connectivity index (χ2v) is 4.18. The highest BCUT2D eigenvalue weighted by Gasteiger charge is 2.39. The number of nitrogens with zero attached hydrogens (tertiary/aromatic N) is 2. The Morgan fingerprint density at radius 2 is 2.15 bits per heavy atom. The molecule has 0 aliphatic carbocycles. The molecule has 0 saturated heterocycles. The number of aromatic nitrogens is 1. The van der Waals surface area contributed by atoms with Gasteiger partial charge in [0.15, 0.2) is 0 Å². The van der Waals surface area contributed by atoms with Crippen LogP contribution < -0.4 is 10.6 Å². The molecule has 0 spiro atoms. The van der Waals surface area contributed by atoms with Gasteiger partial charge in [0.25, 0.3) is 0 Å². The van der Waals surface area contributed by atoms with Gasteiger partial charge in [0, 0.05) is 30.1 Å². The maximum absolute atomic E-state index is 13.4. The van der Waals surface area contributed by atoms with E-state index in [1.165, 1.54) is 12.3 Å². The Morgan fingerprint density at radius 1 is 1.40 bits per heavy atom. The van der Waals surface area contributed by atoms with Crippen molar-refractivity contribution in [1.82, 2.24) is 15.6 Å². The molecule has 20 heavy (non-hydrogen) atoms. The van der Waals surface area contributed by atoms with Gasteiger partial charge in [0.2, 0.25) is 6.17 Å². The van der Waals surface area contributed by atoms with Crippen LogP contribution in [0.3, 0.4) is 0 Å². The lowest BCUT2D eigenvalue weighted by atomic mass is 10.1. The monoisotopic (exact) mass is 288 g/mol. The first-order valence-corrected chi connectivity index (χ1v) is 5.77. The van der Waals surface area contributed by atoms with Gasteiger partial charge in [-0.15, -0.1) is 0 Å². The summed E-state index contributed by atoms with van der Waals surface area (Å²) in [7, 11) is 1.66. The SMILES string of the molecule is CNCc1cc(C2=CNC(C(F)(F)F)N=C2)ncc1F. The van der Waals surface area contributed by atoms with Crippen molar-refractivity contribution in [2.45, 2.75) is 18.9 Å². The molecule has 0 aromatic carbocycles. The Bertz CT molecular complexity index is 551. The number of hydrogen-bond acceptors (Lipinski definition) is 4. The normalized spacial score (nSPS) is 18.6. The minimum Gasteiger partial charge on any atom is -0.362 e. The van der Waals surface area contributed by atoms with Gasteiger partial charge in [-0.1, -0.05) is 0 Å². The molecule has 1 aliphatic rings. The van der Waals surface area contributed by atoms with Crippen molar-refractivity contribution in [1.29, 1.82) is 0 Å². The first-order chi connectivity index (χ1) is 9.41. The van der Waals surface area contributed by atoms with Crippen molar-refractivity contribution in [3.63, 3.8) is 0 Å². The molecule has 2 rings (SSSR count). The lowest BCUT2D eigenvalue weighted by Crippen LogP contribution is -2.39. The molecule has 4 nitrogen and oxygen atoms in total. The number of alkyl halides is 3. The van der Waals surface area contributed by atoms with Gasteiger partial charge in [0.05, 0.1) is 11.9 Å². The van der Waals surface area contributed by atoms with Crippen LogP contribution in [0.15, 0.2) is 23.5 Å². The van der Waals surface area contributed by atoms with Crippen molar-refractivity contribution < 1.29 is 17.6 Å². The van der Waals surface area contributed by atoms with Crippen LogP contribution in [0.2, 0.25) is 0 Å². The molecule has 2 heterocycles. The van der Waals surface area contributed by atoms with Gasteiger partial charge in [-0.25, -0.2) is 4.39 Å². The van der Waals surface area contributed by atoms with E-state index in [9.17, 15) is 17.6 Å². The molecule has 0 bridgehead atoms. The molecule has 0 radical (unpaired) electrons. The van der Waals surface area contributed by atoms with Crippen LogP contribution in [0.1, 0.15) is 11.3 Å². The first kappa shape index (κ1) is 14.4. The lowest BCUT2D eigenvalue weighted by molar-refractivity contribution is -0.151. The zero-order valence-electron chi connectivity index (χ0n) is 10.5. The number of aliphatic imine (C=N–C) groups is 1. The van der Waals surface area contributed by atoms with Crippen molar-refractivity contribution in [3.8, 4) is 0 Å². The van der Waals surface area contributed by atoms with Crippen LogP contribution >= 0.6 is 0 Å². The lowest BCUT2D eigenvalue weighted by Gasteiger charge is -2.20. The minimum atomic E-state index is -4.45. The maximum Gasteiger partial charge on any atom is 0.429 e. The summed E-state index contributed by atoms with van der Waals surface area (Å²) in [5.41, 5.74) is 1.10. The van der Waals surface area contributed by atoms with E-state index in [-0.39, 0.29) is 0 Å². The molecular weight excluding hydrogens is 276 g/mol. The number of rotatable bonds is 3. The van der Waals surface area contributed by atoms with Gasteiger partial charge in [-0.3, -0.25) is 9.98 Å². The summed E-state index contributed by atoms with van der Waals surface area (Å²) in [5, 5.41) is 4.94. The highest BCUT2D eigenvalue weighted by Crippen LogP contribution is 2.24. The van der Waals surface area contributed by atoms with Gasteiger partial charge in [-0.2, -0.15) is 13.2 Å². The van der Waals surface area contributed by atoms with Gasteiger partial charge >= 0.3 is 6.18 Å². The fourth-order valence-corrected chi connectivity index (χ4v) is 1.69. The Hall–Kier alpha value is -1.96. The van der Waals surface area contributed by atoms with E-state index in [1.54, 1.807) is 7.05 Å². The summed E-state index contributed by atoms with van der Waals surface area (Å²) in [6, 6.07) is 1.47. The van der Waals surface area contributed by atoms with E-state index in [0.717, 1.165) is 12.4 Å². The number of pyridine rings is 1. The predicted molar refractivity (Wildman–Crippen MR) is 66.4 cm³/mol. The average Bonchev–Trinajstić information content (AvgIpc) is 2.41. The molecule has 1 unspecified atom stereocenters. The van der Waals surface area contributed by atoms with Crippen LogP contribution in [-0.2, 0) is 6.54 Å². The molecule has 1 aromatic rings. The molecule has 108 valence electrons. The van der Waals surface area contributed by atoms with Crippen molar-refractivity contribution >= 4 is 11.8 Å². The molecular formula is C12H12F4N4. The van der Waals surface area contributed by atoms with Gasteiger partial charge in [0.1, 0.15) is 5.82 Å². The number of halogens is 4. The fourth-order valence-electron chi connectivity index (χ4n) is 1.69. The average molecular weight is 288 g/mol. The summed E-state index contributed by atoms with van der Waals surface area (Å²) in [4.78, 5) is 7.23. The highest BCUT2D eigenvalue weighted by atomic mass is 19.4. The zero-order valence-corrected chi connectivity index (χ0v) is 10.5. The molecule has 0 saturated carbocycles. The van der Waals surface area contributed by atoms with E-state index in [4.69, 9.17) is 0 Å². The van der Waals surface area contributed by atoms with Crippen LogP contribution in [0, 0.1) is 5.82 Å². The summed E-state index contributed by atoms with van der Waals surface area (Å²) in [6.45, 7) is 0.296. The molecule has 2 N–H and O–H groups in total. The zero-order chi connectivity index (χ0) is 14.8. The Kier molecular flexibility index (Phi) is 4.03.